The molecular formula is C13H18N2O2S. The lowest BCUT2D eigenvalue weighted by Crippen LogP contribution is -2.41. The van der Waals surface area contributed by atoms with Crippen molar-refractivity contribution in [3.8, 4) is 0 Å². The number of nitrogens with zero attached hydrogens (tertiary/aromatic N) is 1. The number of para-hydroxylation sites is 1. The van der Waals surface area contributed by atoms with Crippen LogP contribution in [-0.2, 0) is 16.6 Å². The van der Waals surface area contributed by atoms with Crippen molar-refractivity contribution in [2.75, 3.05) is 10.8 Å². The highest BCUT2D eigenvalue weighted by Gasteiger charge is 2.41. The van der Waals surface area contributed by atoms with Crippen LogP contribution in [0.1, 0.15) is 25.3 Å². The summed E-state index contributed by atoms with van der Waals surface area (Å²) in [7, 11) is -3.17. The molecule has 0 saturated heterocycles. The summed E-state index contributed by atoms with van der Waals surface area (Å²) in [6, 6.07) is 7.94. The summed E-state index contributed by atoms with van der Waals surface area (Å²) in [5.41, 5.74) is 1.91. The highest BCUT2D eigenvalue weighted by molar-refractivity contribution is 7.93. The SMILES string of the molecule is CC1CN(S(=O)(=O)C2CC2)c2ccccc2CN1. The van der Waals surface area contributed by atoms with Crippen LogP contribution < -0.4 is 9.62 Å². The van der Waals surface area contributed by atoms with E-state index in [-0.39, 0.29) is 11.3 Å². The van der Waals surface area contributed by atoms with E-state index in [1.54, 1.807) is 4.31 Å². The van der Waals surface area contributed by atoms with E-state index in [4.69, 9.17) is 0 Å². The van der Waals surface area contributed by atoms with Crippen molar-refractivity contribution in [3.05, 3.63) is 29.8 Å². The van der Waals surface area contributed by atoms with Gasteiger partial charge in [-0.25, -0.2) is 8.42 Å². The van der Waals surface area contributed by atoms with E-state index < -0.39 is 10.0 Å². The van der Waals surface area contributed by atoms with Gasteiger partial charge in [0, 0.05) is 19.1 Å². The minimum atomic E-state index is -3.17. The quantitative estimate of drug-likeness (QED) is 0.882. The Kier molecular flexibility index (Phi) is 2.83. The molecule has 1 aromatic rings. The maximum Gasteiger partial charge on any atom is 0.238 e. The Morgan fingerprint density at radius 1 is 1.28 bits per heavy atom. The predicted octanol–water partition coefficient (Wildman–Crippen LogP) is 1.48. The second kappa shape index (κ2) is 4.24. The van der Waals surface area contributed by atoms with E-state index in [1.165, 1.54) is 0 Å². The molecule has 0 amide bonds. The molecule has 1 saturated carbocycles. The number of rotatable bonds is 2. The number of benzene rings is 1. The topological polar surface area (TPSA) is 49.4 Å². The smallest absolute Gasteiger partial charge is 0.238 e. The van der Waals surface area contributed by atoms with E-state index in [1.807, 2.05) is 31.2 Å². The van der Waals surface area contributed by atoms with Gasteiger partial charge in [0.25, 0.3) is 0 Å². The molecule has 3 rings (SSSR count). The summed E-state index contributed by atoms with van der Waals surface area (Å²) >= 11 is 0. The molecule has 0 bridgehead atoms. The lowest BCUT2D eigenvalue weighted by molar-refractivity contribution is 0.555. The van der Waals surface area contributed by atoms with E-state index in [2.05, 4.69) is 5.32 Å². The summed E-state index contributed by atoms with van der Waals surface area (Å²) in [5, 5.41) is 3.20. The zero-order valence-electron chi connectivity index (χ0n) is 10.5. The molecule has 0 aromatic heterocycles. The van der Waals surface area contributed by atoms with Crippen molar-refractivity contribution in [3.63, 3.8) is 0 Å². The molecule has 4 nitrogen and oxygen atoms in total. The van der Waals surface area contributed by atoms with Gasteiger partial charge in [-0.2, -0.15) is 0 Å². The number of hydrogen-bond acceptors (Lipinski definition) is 3. The van der Waals surface area contributed by atoms with Gasteiger partial charge < -0.3 is 5.32 Å². The van der Waals surface area contributed by atoms with Crippen LogP contribution in [0.25, 0.3) is 0 Å². The molecule has 1 aliphatic heterocycles. The van der Waals surface area contributed by atoms with Crippen molar-refractivity contribution in [2.45, 2.75) is 37.6 Å². The van der Waals surface area contributed by atoms with Crippen LogP contribution in [0.4, 0.5) is 5.69 Å². The summed E-state index contributed by atoms with van der Waals surface area (Å²) in [6.07, 6.45) is 1.62. The third kappa shape index (κ3) is 2.01. The Morgan fingerprint density at radius 2 is 2.00 bits per heavy atom. The molecule has 0 spiro atoms. The third-order valence-corrected chi connectivity index (χ3v) is 5.87. The van der Waals surface area contributed by atoms with Crippen LogP contribution in [0.15, 0.2) is 24.3 Å². The molecule has 18 heavy (non-hydrogen) atoms. The largest absolute Gasteiger partial charge is 0.308 e. The van der Waals surface area contributed by atoms with E-state index in [0.717, 1.165) is 30.6 Å². The number of fused-ring (bicyclic) bond motifs is 1. The van der Waals surface area contributed by atoms with E-state index >= 15 is 0 Å². The van der Waals surface area contributed by atoms with E-state index in [9.17, 15) is 8.42 Å². The predicted molar refractivity (Wildman–Crippen MR) is 72.0 cm³/mol. The fourth-order valence-electron chi connectivity index (χ4n) is 2.39. The Hall–Kier alpha value is -1.07. The first kappa shape index (κ1) is 12.0. The van der Waals surface area contributed by atoms with Gasteiger partial charge in [0.1, 0.15) is 0 Å². The van der Waals surface area contributed by atoms with Crippen LogP contribution in [0.5, 0.6) is 0 Å². The fourth-order valence-corrected chi connectivity index (χ4v) is 4.36. The zero-order valence-corrected chi connectivity index (χ0v) is 11.3. The van der Waals surface area contributed by atoms with E-state index in [0.29, 0.717) is 6.54 Å². The summed E-state index contributed by atoms with van der Waals surface area (Å²) in [6.45, 7) is 3.28. The molecule has 2 aliphatic rings. The Morgan fingerprint density at radius 3 is 2.72 bits per heavy atom. The molecule has 1 aliphatic carbocycles. The normalized spacial score (nSPS) is 24.5. The van der Waals surface area contributed by atoms with Gasteiger partial charge in [0.15, 0.2) is 0 Å². The molecular weight excluding hydrogens is 248 g/mol. The van der Waals surface area contributed by atoms with Crippen molar-refractivity contribution in [1.29, 1.82) is 0 Å². The van der Waals surface area contributed by atoms with Crippen LogP contribution in [0.2, 0.25) is 0 Å². The number of nitrogens with one attached hydrogen (secondary N) is 1. The molecule has 1 aromatic carbocycles. The number of anilines is 1. The van der Waals surface area contributed by atoms with Gasteiger partial charge in [-0.3, -0.25) is 4.31 Å². The van der Waals surface area contributed by atoms with Gasteiger partial charge in [0.05, 0.1) is 10.9 Å². The molecule has 5 heteroatoms. The maximum absolute atomic E-state index is 12.5. The minimum absolute atomic E-state index is 0.157. The van der Waals surface area contributed by atoms with Gasteiger partial charge >= 0.3 is 0 Å². The van der Waals surface area contributed by atoms with Gasteiger partial charge in [-0.1, -0.05) is 18.2 Å². The molecule has 1 N–H and O–H groups in total. The van der Waals surface area contributed by atoms with Gasteiger partial charge in [-0.05, 0) is 31.4 Å². The highest BCUT2D eigenvalue weighted by Crippen LogP contribution is 2.35. The van der Waals surface area contributed by atoms with Crippen LogP contribution in [0, 0.1) is 0 Å². The highest BCUT2D eigenvalue weighted by atomic mass is 32.2. The molecule has 1 unspecified atom stereocenters. The minimum Gasteiger partial charge on any atom is -0.308 e. The van der Waals surface area contributed by atoms with Gasteiger partial charge in [0.2, 0.25) is 10.0 Å². The standard InChI is InChI=1S/C13H18N2O2S/c1-10-9-15(18(16,17)12-6-7-12)13-5-3-2-4-11(13)8-14-10/h2-5,10,12,14H,6-9H2,1H3. The van der Waals surface area contributed by atoms with Crippen LogP contribution >= 0.6 is 0 Å². The Labute approximate surface area is 108 Å². The molecule has 98 valence electrons. The molecule has 1 atom stereocenters. The molecule has 1 heterocycles. The van der Waals surface area contributed by atoms with Crippen LogP contribution in [-0.4, -0.2) is 26.3 Å². The maximum atomic E-state index is 12.5. The van der Waals surface area contributed by atoms with Crippen molar-refractivity contribution in [1.82, 2.24) is 5.32 Å². The Bertz CT molecular complexity index is 552. The fraction of sp³-hybridized carbons (Fsp3) is 0.538. The third-order valence-electron chi connectivity index (χ3n) is 3.59. The van der Waals surface area contributed by atoms with Crippen molar-refractivity contribution >= 4 is 15.7 Å². The summed E-state index contributed by atoms with van der Waals surface area (Å²) in [5.74, 6) is 0. The first-order valence-electron chi connectivity index (χ1n) is 6.42. The lowest BCUT2D eigenvalue weighted by Gasteiger charge is -2.25. The first-order chi connectivity index (χ1) is 8.59. The molecule has 0 radical (unpaired) electrons. The number of hydrogen-bond donors (Lipinski definition) is 1. The van der Waals surface area contributed by atoms with Crippen molar-refractivity contribution in [2.24, 2.45) is 0 Å². The summed E-state index contributed by atoms with van der Waals surface area (Å²) in [4.78, 5) is 0. The lowest BCUT2D eigenvalue weighted by atomic mass is 10.2. The zero-order chi connectivity index (χ0) is 12.8. The average molecular weight is 266 g/mol. The second-order valence-corrected chi connectivity index (χ2v) is 7.32. The second-order valence-electron chi connectivity index (χ2n) is 5.19. The van der Waals surface area contributed by atoms with Crippen LogP contribution in [0.3, 0.4) is 0 Å². The van der Waals surface area contributed by atoms with Gasteiger partial charge in [-0.15, -0.1) is 0 Å². The average Bonchev–Trinajstić information content (AvgIpc) is 3.17. The Balaban J connectivity index is 2.06. The monoisotopic (exact) mass is 266 g/mol. The van der Waals surface area contributed by atoms with Crippen molar-refractivity contribution < 1.29 is 8.42 Å². The molecule has 1 fully saturated rings. The number of sulfonamides is 1. The first-order valence-corrected chi connectivity index (χ1v) is 7.92. The summed E-state index contributed by atoms with van der Waals surface area (Å²) < 4.78 is 26.6.